The highest BCUT2D eigenvalue weighted by molar-refractivity contribution is 5.76. The molecule has 1 aromatic carbocycles. The molecular formula is C21H31N3O3. The summed E-state index contributed by atoms with van der Waals surface area (Å²) in [7, 11) is 0. The number of aliphatic hydroxyl groups excluding tert-OH is 1. The second-order valence-electron chi connectivity index (χ2n) is 8.14. The van der Waals surface area contributed by atoms with Crippen LogP contribution in [0, 0.1) is 11.8 Å². The average molecular weight is 373 g/mol. The van der Waals surface area contributed by atoms with Crippen LogP contribution in [0.5, 0.6) is 0 Å². The molecule has 0 bridgehead atoms. The first kappa shape index (κ1) is 18.9. The van der Waals surface area contributed by atoms with Gasteiger partial charge in [-0.25, -0.2) is 0 Å². The summed E-state index contributed by atoms with van der Waals surface area (Å²) < 4.78 is 5.42. The molecule has 0 spiro atoms. The van der Waals surface area contributed by atoms with E-state index in [4.69, 9.17) is 4.74 Å². The Bertz CT molecular complexity index is 622. The number of hydrogen-bond donors (Lipinski definition) is 1. The van der Waals surface area contributed by atoms with Crippen molar-refractivity contribution in [2.24, 2.45) is 11.8 Å². The van der Waals surface area contributed by atoms with Crippen LogP contribution in [0.15, 0.2) is 24.3 Å². The molecule has 2 atom stereocenters. The summed E-state index contributed by atoms with van der Waals surface area (Å²) in [5.74, 6) is 0.801. The third kappa shape index (κ3) is 4.51. The smallest absolute Gasteiger partial charge is 0.223 e. The third-order valence-electron chi connectivity index (χ3n) is 6.31. The van der Waals surface area contributed by atoms with E-state index in [9.17, 15) is 9.90 Å². The lowest BCUT2D eigenvalue weighted by Gasteiger charge is -2.30. The minimum atomic E-state index is 0.167. The highest BCUT2D eigenvalue weighted by Crippen LogP contribution is 2.26. The zero-order chi connectivity index (χ0) is 18.6. The predicted molar refractivity (Wildman–Crippen MR) is 103 cm³/mol. The van der Waals surface area contributed by atoms with Crippen LogP contribution in [0.4, 0.5) is 0 Å². The maximum absolute atomic E-state index is 12.8. The van der Waals surface area contributed by atoms with E-state index in [0.29, 0.717) is 18.9 Å². The van der Waals surface area contributed by atoms with Gasteiger partial charge in [0, 0.05) is 71.3 Å². The Morgan fingerprint density at radius 2 is 1.70 bits per heavy atom. The van der Waals surface area contributed by atoms with Crippen LogP contribution in [0.25, 0.3) is 0 Å². The largest absolute Gasteiger partial charge is 0.396 e. The second kappa shape index (κ2) is 8.69. The number of aliphatic hydroxyl groups is 1. The van der Waals surface area contributed by atoms with E-state index in [1.165, 1.54) is 11.1 Å². The molecule has 1 N–H and O–H groups in total. The van der Waals surface area contributed by atoms with Crippen LogP contribution >= 0.6 is 0 Å². The van der Waals surface area contributed by atoms with Gasteiger partial charge in [0.15, 0.2) is 0 Å². The molecular weight excluding hydrogens is 342 g/mol. The normalized spacial score (nSPS) is 26.5. The first-order valence-corrected chi connectivity index (χ1v) is 10.2. The molecule has 0 saturated carbocycles. The number of likely N-dealkylation sites (tertiary alicyclic amines) is 1. The summed E-state index contributed by atoms with van der Waals surface area (Å²) in [5, 5.41) is 9.78. The number of benzene rings is 1. The van der Waals surface area contributed by atoms with Crippen molar-refractivity contribution in [1.29, 1.82) is 0 Å². The minimum Gasteiger partial charge on any atom is -0.396 e. The maximum atomic E-state index is 12.8. The lowest BCUT2D eigenvalue weighted by molar-refractivity contribution is -0.130. The maximum Gasteiger partial charge on any atom is 0.223 e. The van der Waals surface area contributed by atoms with E-state index in [1.54, 1.807) is 0 Å². The van der Waals surface area contributed by atoms with Crippen molar-refractivity contribution < 1.29 is 14.6 Å². The number of nitrogens with zero attached hydrogens (tertiary/aromatic N) is 3. The van der Waals surface area contributed by atoms with E-state index >= 15 is 0 Å². The van der Waals surface area contributed by atoms with Gasteiger partial charge in [0.1, 0.15) is 0 Å². The summed E-state index contributed by atoms with van der Waals surface area (Å²) in [6.07, 6.45) is 0.566. The molecule has 0 unspecified atom stereocenters. The number of amides is 1. The number of rotatable bonds is 6. The van der Waals surface area contributed by atoms with Gasteiger partial charge in [-0.15, -0.1) is 0 Å². The van der Waals surface area contributed by atoms with Gasteiger partial charge >= 0.3 is 0 Å². The number of carbonyl (C=O) groups excluding carboxylic acids is 1. The minimum absolute atomic E-state index is 0.167. The Morgan fingerprint density at radius 1 is 1.04 bits per heavy atom. The van der Waals surface area contributed by atoms with Crippen LogP contribution in [-0.4, -0.2) is 84.8 Å². The van der Waals surface area contributed by atoms with Gasteiger partial charge in [0.25, 0.3) is 0 Å². The van der Waals surface area contributed by atoms with Crippen LogP contribution in [0.2, 0.25) is 0 Å². The highest BCUT2D eigenvalue weighted by atomic mass is 16.5. The Kier molecular flexibility index (Phi) is 6.08. The molecule has 3 aliphatic rings. The van der Waals surface area contributed by atoms with Crippen molar-refractivity contribution in [3.63, 3.8) is 0 Å². The van der Waals surface area contributed by atoms with Crippen LogP contribution in [0.1, 0.15) is 17.5 Å². The van der Waals surface area contributed by atoms with Crippen molar-refractivity contribution in [2.75, 3.05) is 59.1 Å². The molecule has 3 heterocycles. The van der Waals surface area contributed by atoms with Crippen molar-refractivity contribution in [2.45, 2.75) is 19.5 Å². The van der Waals surface area contributed by atoms with Crippen LogP contribution in [0.3, 0.4) is 0 Å². The number of fused-ring (bicyclic) bond motifs is 1. The standard InChI is InChI=1S/C21H31N3O3/c25-16-20-15-24(14-19(20)13-22-7-9-27-10-8-22)21(26)5-6-23-11-17-3-1-2-4-18(17)12-23/h1-4,19-20,25H,5-16H2/t19-,20-/m0/s1. The van der Waals surface area contributed by atoms with Gasteiger partial charge in [-0.05, 0) is 17.0 Å². The molecule has 2 saturated heterocycles. The predicted octanol–water partition coefficient (Wildman–Crippen LogP) is 0.791. The van der Waals surface area contributed by atoms with E-state index in [0.717, 1.165) is 59.0 Å². The summed E-state index contributed by atoms with van der Waals surface area (Å²) in [5.41, 5.74) is 2.77. The molecule has 6 nitrogen and oxygen atoms in total. The Labute approximate surface area is 161 Å². The van der Waals surface area contributed by atoms with Crippen molar-refractivity contribution in [3.05, 3.63) is 35.4 Å². The van der Waals surface area contributed by atoms with Crippen molar-refractivity contribution in [1.82, 2.24) is 14.7 Å². The fraction of sp³-hybridized carbons (Fsp3) is 0.667. The number of hydrogen-bond acceptors (Lipinski definition) is 5. The van der Waals surface area contributed by atoms with E-state index in [2.05, 4.69) is 34.1 Å². The lowest BCUT2D eigenvalue weighted by atomic mass is 9.96. The lowest BCUT2D eigenvalue weighted by Crippen LogP contribution is -2.41. The molecule has 148 valence electrons. The van der Waals surface area contributed by atoms with Crippen molar-refractivity contribution >= 4 is 5.91 Å². The Balaban J connectivity index is 1.25. The topological polar surface area (TPSA) is 56.2 Å². The molecule has 6 heteroatoms. The second-order valence-corrected chi connectivity index (χ2v) is 8.14. The monoisotopic (exact) mass is 373 g/mol. The molecule has 4 rings (SSSR count). The zero-order valence-electron chi connectivity index (χ0n) is 16.1. The third-order valence-corrected chi connectivity index (χ3v) is 6.31. The van der Waals surface area contributed by atoms with E-state index in [-0.39, 0.29) is 18.4 Å². The van der Waals surface area contributed by atoms with Gasteiger partial charge in [-0.1, -0.05) is 24.3 Å². The van der Waals surface area contributed by atoms with Gasteiger partial charge < -0.3 is 14.7 Å². The average Bonchev–Trinajstić information content (AvgIpc) is 3.30. The molecule has 1 aromatic rings. The zero-order valence-corrected chi connectivity index (χ0v) is 16.1. The summed E-state index contributed by atoms with van der Waals surface area (Å²) in [6.45, 7) is 8.80. The first-order valence-electron chi connectivity index (χ1n) is 10.2. The Hall–Kier alpha value is -1.47. The van der Waals surface area contributed by atoms with Gasteiger partial charge in [0.05, 0.1) is 13.2 Å². The quantitative estimate of drug-likeness (QED) is 0.799. The molecule has 0 aliphatic carbocycles. The van der Waals surface area contributed by atoms with Crippen LogP contribution in [-0.2, 0) is 22.6 Å². The number of carbonyl (C=O) groups is 1. The summed E-state index contributed by atoms with van der Waals surface area (Å²) in [6, 6.07) is 8.53. The fourth-order valence-electron chi connectivity index (χ4n) is 4.65. The molecule has 0 radical (unpaired) electrons. The fourth-order valence-corrected chi connectivity index (χ4v) is 4.65. The van der Waals surface area contributed by atoms with Gasteiger partial charge in [-0.2, -0.15) is 0 Å². The van der Waals surface area contributed by atoms with E-state index in [1.807, 2.05) is 4.90 Å². The Morgan fingerprint density at radius 3 is 2.37 bits per heavy atom. The van der Waals surface area contributed by atoms with Gasteiger partial charge in [0.2, 0.25) is 5.91 Å². The van der Waals surface area contributed by atoms with Crippen molar-refractivity contribution in [3.8, 4) is 0 Å². The number of ether oxygens (including phenoxy) is 1. The SMILES string of the molecule is O=C(CCN1Cc2ccccc2C1)N1C[C@@H](CO)[C@@H](CN2CCOCC2)C1. The summed E-state index contributed by atoms with van der Waals surface area (Å²) >= 11 is 0. The van der Waals surface area contributed by atoms with Gasteiger partial charge in [-0.3, -0.25) is 14.6 Å². The molecule has 2 fully saturated rings. The molecule has 27 heavy (non-hydrogen) atoms. The highest BCUT2D eigenvalue weighted by Gasteiger charge is 2.36. The number of morpholine rings is 1. The molecule has 1 amide bonds. The molecule has 3 aliphatic heterocycles. The van der Waals surface area contributed by atoms with Crippen LogP contribution < -0.4 is 0 Å². The first-order chi connectivity index (χ1) is 13.2. The summed E-state index contributed by atoms with van der Waals surface area (Å²) in [4.78, 5) is 19.5. The molecule has 0 aromatic heterocycles. The van der Waals surface area contributed by atoms with E-state index < -0.39 is 0 Å².